The van der Waals surface area contributed by atoms with E-state index in [-0.39, 0.29) is 6.54 Å². The van der Waals surface area contributed by atoms with E-state index < -0.39 is 22.6 Å². The van der Waals surface area contributed by atoms with Gasteiger partial charge in [0.1, 0.15) is 5.75 Å². The molecule has 0 amide bonds. The molecular formula is C16H16ClNO5S. The number of carboxylic acid groups (broad SMARTS) is 1. The van der Waals surface area contributed by atoms with E-state index in [0.29, 0.717) is 22.0 Å². The molecule has 0 atom stereocenters. The number of anilines is 1. The van der Waals surface area contributed by atoms with Gasteiger partial charge in [0, 0.05) is 5.02 Å². The first kappa shape index (κ1) is 18.1. The fraction of sp³-hybridized carbons (Fsp3) is 0.188. The van der Waals surface area contributed by atoms with Crippen LogP contribution in [0.25, 0.3) is 0 Å². The highest BCUT2D eigenvalue weighted by Gasteiger charge is 2.19. The second-order valence-electron chi connectivity index (χ2n) is 5.04. The predicted molar refractivity (Wildman–Crippen MR) is 92.1 cm³/mol. The zero-order chi connectivity index (χ0) is 17.7. The number of aliphatic carboxylic acids is 1. The second kappa shape index (κ2) is 7.55. The third-order valence-corrected chi connectivity index (χ3v) is 4.67. The molecule has 2 aromatic rings. The van der Waals surface area contributed by atoms with Crippen molar-refractivity contribution in [2.24, 2.45) is 0 Å². The third kappa shape index (κ3) is 4.87. The van der Waals surface area contributed by atoms with Gasteiger partial charge in [-0.3, -0.25) is 4.31 Å². The van der Waals surface area contributed by atoms with Crippen LogP contribution in [-0.4, -0.2) is 32.4 Å². The predicted octanol–water partition coefficient (Wildman–Crippen LogP) is 2.77. The number of ether oxygens (including phenoxy) is 1. The molecule has 0 saturated heterocycles. The number of carboxylic acids is 1. The lowest BCUT2D eigenvalue weighted by atomic mass is 10.2. The summed E-state index contributed by atoms with van der Waals surface area (Å²) < 4.78 is 30.5. The van der Waals surface area contributed by atoms with Gasteiger partial charge in [-0.25, -0.2) is 13.2 Å². The summed E-state index contributed by atoms with van der Waals surface area (Å²) in [5, 5.41) is 9.07. The minimum absolute atomic E-state index is 0.0911. The van der Waals surface area contributed by atoms with Crippen molar-refractivity contribution in [3.05, 3.63) is 59.1 Å². The minimum Gasteiger partial charge on any atom is -0.482 e. The standard InChI is InChI=1S/C16H16ClNO5S/c1-24(21,22)18(10-12-4-2-3-5-15(12)17)13-6-8-14(9-7-13)23-11-16(19)20/h2-9H,10-11H2,1H3,(H,19,20). The monoisotopic (exact) mass is 369 g/mol. The molecule has 1 N–H and O–H groups in total. The molecule has 0 radical (unpaired) electrons. The van der Waals surface area contributed by atoms with Gasteiger partial charge in [0.25, 0.3) is 0 Å². The van der Waals surface area contributed by atoms with Crippen LogP contribution in [0, 0.1) is 0 Å². The van der Waals surface area contributed by atoms with E-state index in [2.05, 4.69) is 0 Å². The van der Waals surface area contributed by atoms with Crippen LogP contribution in [0.15, 0.2) is 48.5 Å². The molecule has 0 saturated carbocycles. The Hall–Kier alpha value is -2.25. The first-order valence-electron chi connectivity index (χ1n) is 6.93. The number of sulfonamides is 1. The van der Waals surface area contributed by atoms with Gasteiger partial charge in [0.15, 0.2) is 6.61 Å². The summed E-state index contributed by atoms with van der Waals surface area (Å²) in [4.78, 5) is 10.5. The maximum atomic E-state index is 12.1. The molecule has 24 heavy (non-hydrogen) atoms. The van der Waals surface area contributed by atoms with Crippen molar-refractivity contribution >= 4 is 33.3 Å². The van der Waals surface area contributed by atoms with E-state index in [1.165, 1.54) is 16.4 Å². The molecule has 128 valence electrons. The van der Waals surface area contributed by atoms with Crippen LogP contribution >= 0.6 is 11.6 Å². The number of carbonyl (C=O) groups is 1. The zero-order valence-electron chi connectivity index (χ0n) is 12.8. The molecule has 2 rings (SSSR count). The van der Waals surface area contributed by atoms with Gasteiger partial charge < -0.3 is 9.84 Å². The highest BCUT2D eigenvalue weighted by molar-refractivity contribution is 7.92. The maximum Gasteiger partial charge on any atom is 0.341 e. The van der Waals surface area contributed by atoms with E-state index in [9.17, 15) is 13.2 Å². The lowest BCUT2D eigenvalue weighted by Crippen LogP contribution is -2.29. The van der Waals surface area contributed by atoms with E-state index in [0.717, 1.165) is 6.26 Å². The molecule has 0 aliphatic rings. The number of hydrogen-bond donors (Lipinski definition) is 1. The van der Waals surface area contributed by atoms with Crippen LogP contribution in [0.1, 0.15) is 5.56 Å². The topological polar surface area (TPSA) is 83.9 Å². The largest absolute Gasteiger partial charge is 0.482 e. The molecule has 8 heteroatoms. The van der Waals surface area contributed by atoms with E-state index in [1.54, 1.807) is 36.4 Å². The number of rotatable bonds is 7. The van der Waals surface area contributed by atoms with Crippen molar-refractivity contribution in [3.63, 3.8) is 0 Å². The van der Waals surface area contributed by atoms with Gasteiger partial charge in [-0.1, -0.05) is 29.8 Å². The van der Waals surface area contributed by atoms with Gasteiger partial charge in [0.05, 0.1) is 18.5 Å². The Bertz CT molecular complexity index is 821. The van der Waals surface area contributed by atoms with Crippen molar-refractivity contribution in [2.45, 2.75) is 6.54 Å². The van der Waals surface area contributed by atoms with Crippen LogP contribution in [0.4, 0.5) is 5.69 Å². The number of benzene rings is 2. The van der Waals surface area contributed by atoms with Crippen LogP contribution in [0.5, 0.6) is 5.75 Å². The van der Waals surface area contributed by atoms with Crippen LogP contribution in [-0.2, 0) is 21.4 Å². The average Bonchev–Trinajstić information content (AvgIpc) is 2.51. The van der Waals surface area contributed by atoms with E-state index in [1.807, 2.05) is 0 Å². The first-order chi connectivity index (χ1) is 11.3. The van der Waals surface area contributed by atoms with Crippen LogP contribution < -0.4 is 9.04 Å². The third-order valence-electron chi connectivity index (χ3n) is 3.16. The summed E-state index contributed by atoms with van der Waals surface area (Å²) in [5.74, 6) is -0.747. The molecule has 0 fully saturated rings. The fourth-order valence-corrected chi connectivity index (χ4v) is 3.11. The number of halogens is 1. The Balaban J connectivity index is 2.26. The number of nitrogens with zero attached hydrogens (tertiary/aromatic N) is 1. The lowest BCUT2D eigenvalue weighted by Gasteiger charge is -2.23. The molecule has 0 unspecified atom stereocenters. The molecule has 0 aliphatic carbocycles. The van der Waals surface area contributed by atoms with Gasteiger partial charge in [-0.05, 0) is 35.9 Å². The molecule has 0 aromatic heterocycles. The van der Waals surface area contributed by atoms with Crippen molar-refractivity contribution < 1.29 is 23.1 Å². The van der Waals surface area contributed by atoms with Gasteiger partial charge >= 0.3 is 5.97 Å². The van der Waals surface area contributed by atoms with Crippen LogP contribution in [0.3, 0.4) is 0 Å². The number of hydrogen-bond acceptors (Lipinski definition) is 4. The van der Waals surface area contributed by atoms with E-state index in [4.69, 9.17) is 21.4 Å². The first-order valence-corrected chi connectivity index (χ1v) is 9.16. The smallest absolute Gasteiger partial charge is 0.341 e. The molecule has 6 nitrogen and oxygen atoms in total. The van der Waals surface area contributed by atoms with E-state index >= 15 is 0 Å². The summed E-state index contributed by atoms with van der Waals surface area (Å²) in [6, 6.07) is 13.1. The van der Waals surface area contributed by atoms with Crippen molar-refractivity contribution in [3.8, 4) is 5.75 Å². The van der Waals surface area contributed by atoms with Crippen molar-refractivity contribution in [1.29, 1.82) is 0 Å². The fourth-order valence-electron chi connectivity index (χ4n) is 2.04. The maximum absolute atomic E-state index is 12.1. The lowest BCUT2D eigenvalue weighted by molar-refractivity contribution is -0.139. The summed E-state index contributed by atoms with van der Waals surface area (Å²) in [6.45, 7) is -0.372. The highest BCUT2D eigenvalue weighted by atomic mass is 35.5. The highest BCUT2D eigenvalue weighted by Crippen LogP contribution is 2.26. The van der Waals surface area contributed by atoms with Gasteiger partial charge in [0.2, 0.25) is 10.0 Å². The SMILES string of the molecule is CS(=O)(=O)N(Cc1ccccc1Cl)c1ccc(OCC(=O)O)cc1. The normalized spacial score (nSPS) is 11.1. The summed E-state index contributed by atoms with van der Waals surface area (Å²) in [6.07, 6.45) is 1.11. The van der Waals surface area contributed by atoms with Gasteiger partial charge in [-0.2, -0.15) is 0 Å². The Morgan fingerprint density at radius 3 is 2.33 bits per heavy atom. The Morgan fingerprint density at radius 2 is 1.79 bits per heavy atom. The molecule has 0 spiro atoms. The molecule has 0 aliphatic heterocycles. The summed E-state index contributed by atoms with van der Waals surface area (Å²) >= 11 is 6.10. The second-order valence-corrected chi connectivity index (χ2v) is 7.35. The Morgan fingerprint density at radius 1 is 1.17 bits per heavy atom. The quantitative estimate of drug-likeness (QED) is 0.811. The molecule has 0 heterocycles. The average molecular weight is 370 g/mol. The van der Waals surface area contributed by atoms with Crippen LogP contribution in [0.2, 0.25) is 5.02 Å². The van der Waals surface area contributed by atoms with Gasteiger partial charge in [-0.15, -0.1) is 0 Å². The Kier molecular flexibility index (Phi) is 5.69. The van der Waals surface area contributed by atoms with Crippen molar-refractivity contribution in [2.75, 3.05) is 17.2 Å². The molecule has 0 bridgehead atoms. The van der Waals surface area contributed by atoms with Crippen molar-refractivity contribution in [1.82, 2.24) is 0 Å². The Labute approximate surface area is 145 Å². The summed E-state index contributed by atoms with van der Waals surface area (Å²) in [7, 11) is -3.53. The summed E-state index contributed by atoms with van der Waals surface area (Å²) in [5.41, 5.74) is 1.11. The minimum atomic E-state index is -3.53. The molecule has 2 aromatic carbocycles. The zero-order valence-corrected chi connectivity index (χ0v) is 14.4. The molecular weight excluding hydrogens is 354 g/mol.